The van der Waals surface area contributed by atoms with E-state index in [2.05, 4.69) is 70.3 Å². The molecule has 1 aliphatic heterocycles. The summed E-state index contributed by atoms with van der Waals surface area (Å²) in [4.78, 5) is 19.2. The number of thioether (sulfide) groups is 1. The van der Waals surface area contributed by atoms with Gasteiger partial charge in [0.25, 0.3) is 0 Å². The van der Waals surface area contributed by atoms with Crippen LogP contribution in [0.1, 0.15) is 40.6 Å². The van der Waals surface area contributed by atoms with Gasteiger partial charge in [0.1, 0.15) is 5.03 Å². The summed E-state index contributed by atoms with van der Waals surface area (Å²) in [5, 5.41) is 2.08. The second-order valence-electron chi connectivity index (χ2n) is 10.1. The average molecular weight is 534 g/mol. The smallest absolute Gasteiger partial charge is 0.192 e. The van der Waals surface area contributed by atoms with Gasteiger partial charge in [0.2, 0.25) is 0 Å². The van der Waals surface area contributed by atoms with Gasteiger partial charge in [-0.3, -0.25) is 4.99 Å². The average Bonchev–Trinajstić information content (AvgIpc) is 3.15. The van der Waals surface area contributed by atoms with Gasteiger partial charge in [-0.15, -0.1) is 11.3 Å². The Morgan fingerprint density at radius 2 is 2.19 bits per heavy atom. The molecule has 1 aliphatic carbocycles. The van der Waals surface area contributed by atoms with Crippen LogP contribution in [0.3, 0.4) is 0 Å². The number of hydrogen-bond donors (Lipinski definition) is 0. The Labute approximate surface area is 228 Å². The Morgan fingerprint density at radius 3 is 2.86 bits per heavy atom. The van der Waals surface area contributed by atoms with Crippen LogP contribution in [0.25, 0.3) is 10.4 Å². The first-order chi connectivity index (χ1) is 17.9. The molecule has 0 N–H and O–H groups in total. The lowest BCUT2D eigenvalue weighted by atomic mass is 9.93. The minimum Gasteiger partial charge on any atom is -0.440 e. The molecule has 1 aromatic carbocycles. The molecule has 0 spiro atoms. The van der Waals surface area contributed by atoms with E-state index in [1.54, 1.807) is 30.1 Å². The van der Waals surface area contributed by atoms with Crippen LogP contribution in [0, 0.1) is 26.7 Å². The van der Waals surface area contributed by atoms with Crippen LogP contribution in [0.5, 0.6) is 0 Å². The van der Waals surface area contributed by atoms with Gasteiger partial charge in [-0.05, 0) is 63.3 Å². The van der Waals surface area contributed by atoms with E-state index in [4.69, 9.17) is 4.42 Å². The molecular weight excluding hydrogens is 498 g/mol. The molecule has 2 fully saturated rings. The molecule has 3 aromatic rings. The molecule has 194 valence electrons. The lowest BCUT2D eigenvalue weighted by molar-refractivity contribution is 0.299. The lowest BCUT2D eigenvalue weighted by Gasteiger charge is -2.23. The van der Waals surface area contributed by atoms with Gasteiger partial charge in [-0.25, -0.2) is 9.97 Å². The maximum absolute atomic E-state index is 5.56. The summed E-state index contributed by atoms with van der Waals surface area (Å²) >= 11 is 3.56. The minimum atomic E-state index is 0.338. The normalized spacial score (nSPS) is 21.1. The fraction of sp³-hybridized carbons (Fsp3) is 0.448. The molecule has 2 unspecified atom stereocenters. The van der Waals surface area contributed by atoms with Crippen LogP contribution >= 0.6 is 23.1 Å². The zero-order valence-corrected chi connectivity index (χ0v) is 24.0. The second-order valence-corrected chi connectivity index (χ2v) is 12.4. The van der Waals surface area contributed by atoms with E-state index < -0.39 is 0 Å². The Morgan fingerprint density at radius 1 is 1.35 bits per heavy atom. The molecule has 2 atom stereocenters. The van der Waals surface area contributed by atoms with Crippen molar-refractivity contribution in [3.63, 3.8) is 0 Å². The number of aromatic nitrogens is 2. The Hall–Kier alpha value is -2.64. The van der Waals surface area contributed by atoms with Crippen molar-refractivity contribution >= 4 is 28.9 Å². The zero-order chi connectivity index (χ0) is 26.2. The van der Waals surface area contributed by atoms with Crippen LogP contribution in [0.4, 0.5) is 0 Å². The van der Waals surface area contributed by atoms with Gasteiger partial charge in [-0.2, -0.15) is 0 Å². The zero-order valence-electron chi connectivity index (χ0n) is 22.4. The molecule has 3 heterocycles. The Balaban J connectivity index is 1.15. The van der Waals surface area contributed by atoms with E-state index in [0.717, 1.165) is 58.4 Å². The Kier molecular flexibility index (Phi) is 7.46. The van der Waals surface area contributed by atoms with Crippen LogP contribution in [-0.2, 0) is 5.41 Å². The third kappa shape index (κ3) is 5.08. The summed E-state index contributed by atoms with van der Waals surface area (Å²) < 4.78 is 5.56. The van der Waals surface area contributed by atoms with Crippen molar-refractivity contribution < 1.29 is 4.42 Å². The van der Waals surface area contributed by atoms with E-state index >= 15 is 0 Å². The summed E-state index contributed by atoms with van der Waals surface area (Å²) in [5.74, 6) is 3.20. The summed E-state index contributed by atoms with van der Waals surface area (Å²) in [7, 11) is 3.74. The third-order valence-corrected chi connectivity index (χ3v) is 9.92. The molecule has 1 saturated heterocycles. The predicted molar refractivity (Wildman–Crippen MR) is 154 cm³/mol. The number of likely N-dealkylation sites (tertiary alicyclic amines) is 1. The number of piperidine rings is 1. The lowest BCUT2D eigenvalue weighted by Crippen LogP contribution is -2.28. The van der Waals surface area contributed by atoms with Crippen molar-refractivity contribution in [2.24, 2.45) is 10.9 Å². The number of amidine groups is 1. The van der Waals surface area contributed by atoms with Crippen molar-refractivity contribution in [3.05, 3.63) is 75.7 Å². The van der Waals surface area contributed by atoms with E-state index in [1.807, 2.05) is 18.9 Å². The van der Waals surface area contributed by atoms with Gasteiger partial charge < -0.3 is 14.2 Å². The fourth-order valence-electron chi connectivity index (χ4n) is 5.71. The Bertz CT molecular complexity index is 1370. The van der Waals surface area contributed by atoms with Gasteiger partial charge in [0, 0.05) is 38.4 Å². The first-order valence-electron chi connectivity index (χ1n) is 12.8. The number of rotatable bonds is 9. The largest absolute Gasteiger partial charge is 0.440 e. The van der Waals surface area contributed by atoms with E-state index in [9.17, 15) is 0 Å². The standard InChI is InChI=1S/C29H35N5OS2/c1-7-25(33(6)28(30-5)26-19(2)31-18-35-26)36-13-9-12-34-16-24-15-29(24,17-34)23-11-8-10-22(14-23)27-20(3)32-21(4)37-27/h8,10-11,14,18,24H,1,9,12-13,15-17H2,2-6H3. The van der Waals surface area contributed by atoms with E-state index in [0.29, 0.717) is 11.2 Å². The first kappa shape index (κ1) is 26.0. The monoisotopic (exact) mass is 533 g/mol. The molecule has 0 bridgehead atoms. The second kappa shape index (κ2) is 10.6. The molecule has 2 aliphatic rings. The van der Waals surface area contributed by atoms with Gasteiger partial charge >= 0.3 is 0 Å². The van der Waals surface area contributed by atoms with Crippen molar-refractivity contribution in [2.75, 3.05) is 39.5 Å². The molecule has 8 heteroatoms. The number of aryl methyl sites for hydroxylation is 3. The number of fused-ring (bicyclic) bond motifs is 1. The molecule has 0 amide bonds. The van der Waals surface area contributed by atoms with Crippen molar-refractivity contribution in [2.45, 2.75) is 39.0 Å². The summed E-state index contributed by atoms with van der Waals surface area (Å²) in [6.45, 7) is 13.5. The van der Waals surface area contributed by atoms with Crippen LogP contribution in [0.15, 0.2) is 57.4 Å². The third-order valence-electron chi connectivity index (χ3n) is 7.61. The van der Waals surface area contributed by atoms with Crippen molar-refractivity contribution in [1.82, 2.24) is 19.8 Å². The molecule has 5 rings (SSSR count). The highest BCUT2D eigenvalue weighted by Gasteiger charge is 2.60. The van der Waals surface area contributed by atoms with E-state index in [1.165, 1.54) is 35.4 Å². The summed E-state index contributed by atoms with van der Waals surface area (Å²) in [6.07, 6.45) is 3.89. The number of thiazole rings is 1. The number of aliphatic imine (C=N–C) groups is 1. The molecular formula is C29H35N5OS2. The molecule has 1 saturated carbocycles. The predicted octanol–water partition coefficient (Wildman–Crippen LogP) is 6.05. The van der Waals surface area contributed by atoms with Gasteiger partial charge in [0.05, 0.1) is 21.3 Å². The summed E-state index contributed by atoms with van der Waals surface area (Å²) in [5.41, 5.74) is 8.21. The van der Waals surface area contributed by atoms with E-state index in [-0.39, 0.29) is 0 Å². The molecule has 2 aromatic heterocycles. The van der Waals surface area contributed by atoms with Crippen LogP contribution in [-0.4, -0.2) is 65.1 Å². The first-order valence-corrected chi connectivity index (χ1v) is 14.6. The highest BCUT2D eigenvalue weighted by Crippen LogP contribution is 2.59. The topological polar surface area (TPSA) is 57.8 Å². The fourth-order valence-corrected chi connectivity index (χ4v) is 7.48. The number of nitrogens with zero attached hydrogens (tertiary/aromatic N) is 5. The van der Waals surface area contributed by atoms with Gasteiger partial charge in [-0.1, -0.05) is 42.3 Å². The maximum Gasteiger partial charge on any atom is 0.192 e. The van der Waals surface area contributed by atoms with Gasteiger partial charge in [0.15, 0.2) is 18.0 Å². The maximum atomic E-state index is 5.56. The molecule has 37 heavy (non-hydrogen) atoms. The van der Waals surface area contributed by atoms with Crippen molar-refractivity contribution in [1.29, 1.82) is 0 Å². The minimum absolute atomic E-state index is 0.338. The molecule has 6 nitrogen and oxygen atoms in total. The van der Waals surface area contributed by atoms with Crippen LogP contribution in [0.2, 0.25) is 0 Å². The highest BCUT2D eigenvalue weighted by molar-refractivity contribution is 8.03. The van der Waals surface area contributed by atoms with Crippen molar-refractivity contribution in [3.8, 4) is 10.4 Å². The highest BCUT2D eigenvalue weighted by atomic mass is 32.2. The number of hydrogen-bond acceptors (Lipinski definition) is 7. The quantitative estimate of drug-likeness (QED) is 0.144. The molecule has 0 radical (unpaired) electrons. The summed E-state index contributed by atoms with van der Waals surface area (Å²) in [6, 6.07) is 9.24. The SMILES string of the molecule is C=C=C(SCCCN1CC2CC2(c2cccc(-c3sc(C)nc3C)c2)C1)N(C)C(=NC)c1ocnc1C. The number of oxazole rings is 1. The van der Waals surface area contributed by atoms with Crippen LogP contribution < -0.4 is 0 Å². The number of benzene rings is 1.